The molecule has 0 N–H and O–H groups in total. The quantitative estimate of drug-likeness (QED) is 0.684. The van der Waals surface area contributed by atoms with E-state index in [4.69, 9.17) is 9.47 Å². The molecule has 3 heteroatoms. The maximum atomic E-state index is 6.45. The van der Waals surface area contributed by atoms with E-state index in [0.29, 0.717) is 5.41 Å². The van der Waals surface area contributed by atoms with Crippen LogP contribution in [0.25, 0.3) is 0 Å². The molecule has 24 heavy (non-hydrogen) atoms. The molecule has 1 atom stereocenters. The van der Waals surface area contributed by atoms with Crippen LogP contribution in [0.4, 0.5) is 0 Å². The van der Waals surface area contributed by atoms with Gasteiger partial charge in [-0.15, -0.1) is 0 Å². The van der Waals surface area contributed by atoms with Crippen molar-refractivity contribution in [2.45, 2.75) is 78.1 Å². The summed E-state index contributed by atoms with van der Waals surface area (Å²) in [5.74, 6) is 1.32. The number of rotatable bonds is 5. The lowest BCUT2D eigenvalue weighted by atomic mass is 9.66. The lowest BCUT2D eigenvalue weighted by Gasteiger charge is -2.43. The summed E-state index contributed by atoms with van der Waals surface area (Å²) in [6.45, 7) is 13.6. The molecule has 0 aromatic rings. The molecule has 2 heterocycles. The van der Waals surface area contributed by atoms with Crippen LogP contribution in [0, 0.1) is 17.3 Å². The molecule has 0 aromatic carbocycles. The molecule has 0 amide bonds. The van der Waals surface area contributed by atoms with Gasteiger partial charge in [0, 0.05) is 32.5 Å². The van der Waals surface area contributed by atoms with E-state index in [1.807, 2.05) is 0 Å². The van der Waals surface area contributed by atoms with Gasteiger partial charge in [0.05, 0.1) is 12.7 Å². The average molecular weight is 336 g/mol. The molecular weight excluding hydrogens is 298 g/mol. The van der Waals surface area contributed by atoms with Gasteiger partial charge >= 0.3 is 0 Å². The molecule has 1 aliphatic carbocycles. The molecule has 3 nitrogen and oxygen atoms in total. The fraction of sp³-hybridized carbons (Fsp3) is 0.905. The van der Waals surface area contributed by atoms with Crippen LogP contribution < -0.4 is 0 Å². The fourth-order valence-corrected chi connectivity index (χ4v) is 5.17. The van der Waals surface area contributed by atoms with Crippen LogP contribution in [-0.4, -0.2) is 43.0 Å². The van der Waals surface area contributed by atoms with Crippen molar-refractivity contribution in [3.63, 3.8) is 0 Å². The summed E-state index contributed by atoms with van der Waals surface area (Å²) in [5, 5.41) is 0. The van der Waals surface area contributed by atoms with Gasteiger partial charge in [0.1, 0.15) is 0 Å². The van der Waals surface area contributed by atoms with Crippen LogP contribution >= 0.6 is 0 Å². The summed E-state index contributed by atoms with van der Waals surface area (Å²) in [7, 11) is 0. The highest BCUT2D eigenvalue weighted by Crippen LogP contribution is 2.47. The van der Waals surface area contributed by atoms with Gasteiger partial charge in [-0.25, -0.2) is 0 Å². The Morgan fingerprint density at radius 1 is 1.21 bits per heavy atom. The zero-order chi connectivity index (χ0) is 17.2. The number of ether oxygens (including phenoxy) is 2. The second kappa shape index (κ2) is 7.47. The Hall–Kier alpha value is -0.380. The van der Waals surface area contributed by atoms with Gasteiger partial charge in [0.2, 0.25) is 0 Å². The fourth-order valence-electron chi connectivity index (χ4n) is 5.17. The Morgan fingerprint density at radius 3 is 2.58 bits per heavy atom. The number of nitrogens with zero attached hydrogens (tertiary/aromatic N) is 1. The van der Waals surface area contributed by atoms with Crippen LogP contribution in [0.2, 0.25) is 0 Å². The Labute approximate surface area is 148 Å². The van der Waals surface area contributed by atoms with E-state index in [1.165, 1.54) is 25.7 Å². The Morgan fingerprint density at radius 2 is 1.96 bits per heavy atom. The topological polar surface area (TPSA) is 21.7 Å². The van der Waals surface area contributed by atoms with Gasteiger partial charge in [0.15, 0.2) is 5.79 Å². The SMILES string of the molecule is CC(C)CC(C)(C)C1CCC2(CC1)OCC(CN1CC=CCC1)O2. The van der Waals surface area contributed by atoms with Crippen molar-refractivity contribution >= 4 is 0 Å². The molecule has 2 aliphatic heterocycles. The largest absolute Gasteiger partial charge is 0.347 e. The predicted octanol–water partition coefficient (Wildman–Crippen LogP) is 4.62. The van der Waals surface area contributed by atoms with Crippen LogP contribution in [0.3, 0.4) is 0 Å². The van der Waals surface area contributed by atoms with E-state index >= 15 is 0 Å². The molecule has 1 saturated carbocycles. The second-order valence-corrected chi connectivity index (χ2v) is 9.34. The lowest BCUT2D eigenvalue weighted by molar-refractivity contribution is -0.198. The molecule has 2 fully saturated rings. The maximum Gasteiger partial charge on any atom is 0.168 e. The summed E-state index contributed by atoms with van der Waals surface area (Å²) in [6, 6.07) is 0. The first-order chi connectivity index (χ1) is 11.4. The van der Waals surface area contributed by atoms with Gasteiger partial charge in [-0.1, -0.05) is 39.8 Å². The molecule has 0 radical (unpaired) electrons. The predicted molar refractivity (Wildman–Crippen MR) is 98.9 cm³/mol. The average Bonchev–Trinajstić information content (AvgIpc) is 2.90. The number of hydrogen-bond donors (Lipinski definition) is 0. The summed E-state index contributed by atoms with van der Waals surface area (Å²) < 4.78 is 12.7. The van der Waals surface area contributed by atoms with Crippen molar-refractivity contribution in [1.82, 2.24) is 4.90 Å². The van der Waals surface area contributed by atoms with Crippen LogP contribution in [-0.2, 0) is 9.47 Å². The Kier molecular flexibility index (Phi) is 5.73. The third-order valence-electron chi connectivity index (χ3n) is 6.30. The summed E-state index contributed by atoms with van der Waals surface area (Å²) >= 11 is 0. The smallest absolute Gasteiger partial charge is 0.168 e. The molecule has 0 aromatic heterocycles. The summed E-state index contributed by atoms with van der Waals surface area (Å²) in [6.07, 6.45) is 12.0. The molecule has 0 bridgehead atoms. The highest BCUT2D eigenvalue weighted by atomic mass is 16.7. The van der Waals surface area contributed by atoms with Gasteiger partial charge in [-0.05, 0) is 42.9 Å². The van der Waals surface area contributed by atoms with E-state index in [1.54, 1.807) is 0 Å². The molecule has 1 unspecified atom stereocenters. The first-order valence-corrected chi connectivity index (χ1v) is 10.1. The third-order valence-corrected chi connectivity index (χ3v) is 6.30. The standard InChI is InChI=1S/C21H37NO2/c1-17(2)14-20(3,4)18-8-10-21(11-9-18)23-16-19(24-21)15-22-12-6-5-7-13-22/h5-6,17-19H,7-16H2,1-4H3. The summed E-state index contributed by atoms with van der Waals surface area (Å²) in [5.41, 5.74) is 0.438. The molecule has 3 rings (SSSR count). The lowest BCUT2D eigenvalue weighted by Crippen LogP contribution is -2.41. The second-order valence-electron chi connectivity index (χ2n) is 9.34. The Bertz CT molecular complexity index is 435. The minimum atomic E-state index is -0.263. The first kappa shape index (κ1) is 18.4. The summed E-state index contributed by atoms with van der Waals surface area (Å²) in [4.78, 5) is 2.49. The third kappa shape index (κ3) is 4.42. The van der Waals surface area contributed by atoms with Crippen molar-refractivity contribution in [2.75, 3.05) is 26.2 Å². The van der Waals surface area contributed by atoms with Crippen molar-refractivity contribution in [2.24, 2.45) is 17.3 Å². The van der Waals surface area contributed by atoms with E-state index in [-0.39, 0.29) is 11.9 Å². The van der Waals surface area contributed by atoms with Crippen LogP contribution in [0.1, 0.15) is 66.2 Å². The van der Waals surface area contributed by atoms with Gasteiger partial charge in [-0.3, -0.25) is 4.90 Å². The molecule has 1 saturated heterocycles. The highest BCUT2D eigenvalue weighted by molar-refractivity contribution is 4.94. The van der Waals surface area contributed by atoms with Crippen molar-refractivity contribution in [1.29, 1.82) is 0 Å². The monoisotopic (exact) mass is 335 g/mol. The minimum absolute atomic E-state index is 0.261. The molecule has 1 spiro atoms. The molecule has 138 valence electrons. The van der Waals surface area contributed by atoms with Crippen LogP contribution in [0.15, 0.2) is 12.2 Å². The zero-order valence-corrected chi connectivity index (χ0v) is 16.2. The van der Waals surface area contributed by atoms with Crippen molar-refractivity contribution in [3.8, 4) is 0 Å². The molecule has 3 aliphatic rings. The van der Waals surface area contributed by atoms with E-state index in [2.05, 4.69) is 44.7 Å². The van der Waals surface area contributed by atoms with Crippen molar-refractivity contribution < 1.29 is 9.47 Å². The maximum absolute atomic E-state index is 6.45. The van der Waals surface area contributed by atoms with E-state index < -0.39 is 0 Å². The molecular formula is C21H37NO2. The van der Waals surface area contributed by atoms with Crippen LogP contribution in [0.5, 0.6) is 0 Å². The Balaban J connectivity index is 1.48. The van der Waals surface area contributed by atoms with E-state index in [9.17, 15) is 0 Å². The zero-order valence-electron chi connectivity index (χ0n) is 16.2. The van der Waals surface area contributed by atoms with Gasteiger partial charge in [0.25, 0.3) is 0 Å². The highest BCUT2D eigenvalue weighted by Gasteiger charge is 2.46. The number of hydrogen-bond acceptors (Lipinski definition) is 3. The van der Waals surface area contributed by atoms with E-state index in [0.717, 1.165) is 50.9 Å². The van der Waals surface area contributed by atoms with Gasteiger partial charge < -0.3 is 9.47 Å². The first-order valence-electron chi connectivity index (χ1n) is 10.1. The van der Waals surface area contributed by atoms with Crippen molar-refractivity contribution in [3.05, 3.63) is 12.2 Å². The normalized spacial score (nSPS) is 35.2. The van der Waals surface area contributed by atoms with Gasteiger partial charge in [-0.2, -0.15) is 0 Å². The minimum Gasteiger partial charge on any atom is -0.347 e.